The number of carbonyl (C=O) groups is 1. The fraction of sp³-hybridized carbons (Fsp3) is 0.385. The fourth-order valence-corrected chi connectivity index (χ4v) is 4.11. The van der Waals surface area contributed by atoms with Crippen molar-refractivity contribution < 1.29 is 24.1 Å². The van der Waals surface area contributed by atoms with E-state index in [1.54, 1.807) is 28.8 Å². The summed E-state index contributed by atoms with van der Waals surface area (Å²) in [5.74, 6) is -1.16. The Morgan fingerprint density at radius 1 is 1.18 bits per heavy atom. The summed E-state index contributed by atoms with van der Waals surface area (Å²) in [4.78, 5) is 24.9. The van der Waals surface area contributed by atoms with Gasteiger partial charge in [0.15, 0.2) is 0 Å². The Hall–Kier alpha value is -2.90. The zero-order valence-corrected chi connectivity index (χ0v) is 20.2. The first kappa shape index (κ1) is 25.7. The van der Waals surface area contributed by atoms with Crippen molar-refractivity contribution in [2.24, 2.45) is 5.92 Å². The van der Waals surface area contributed by atoms with Crippen LogP contribution in [0.2, 0.25) is 5.02 Å². The van der Waals surface area contributed by atoms with Gasteiger partial charge in [0.2, 0.25) is 5.43 Å². The molecule has 6 nitrogen and oxygen atoms in total. The van der Waals surface area contributed by atoms with Crippen molar-refractivity contribution >= 4 is 28.5 Å². The largest absolute Gasteiger partial charge is 0.491 e. The van der Waals surface area contributed by atoms with Gasteiger partial charge in [-0.1, -0.05) is 30.7 Å². The van der Waals surface area contributed by atoms with Crippen LogP contribution in [-0.4, -0.2) is 33.5 Å². The normalized spacial score (nSPS) is 12.3. The van der Waals surface area contributed by atoms with E-state index in [0.29, 0.717) is 41.8 Å². The number of halogens is 2. The van der Waals surface area contributed by atoms with E-state index in [2.05, 4.69) is 0 Å². The minimum Gasteiger partial charge on any atom is -0.491 e. The lowest BCUT2D eigenvalue weighted by molar-refractivity contribution is 0.0694. The van der Waals surface area contributed by atoms with Gasteiger partial charge in [-0.2, -0.15) is 0 Å². The number of benzene rings is 2. The number of aryl methyl sites for hydroxylation is 1. The molecule has 0 amide bonds. The van der Waals surface area contributed by atoms with Gasteiger partial charge in [-0.15, -0.1) is 0 Å². The Balaban J connectivity index is 2.20. The van der Waals surface area contributed by atoms with Gasteiger partial charge in [0.25, 0.3) is 0 Å². The van der Waals surface area contributed by atoms with Crippen LogP contribution in [0.5, 0.6) is 5.75 Å². The maximum Gasteiger partial charge on any atom is 0.341 e. The number of hydrogen-bond donors (Lipinski definition) is 2. The number of fused-ring (bicyclic) bond motifs is 1. The molecule has 2 aromatic carbocycles. The van der Waals surface area contributed by atoms with Gasteiger partial charge in [-0.25, -0.2) is 9.18 Å². The monoisotopic (exact) mass is 489 g/mol. The number of pyridine rings is 1. The molecule has 0 spiro atoms. The first-order valence-corrected chi connectivity index (χ1v) is 11.6. The van der Waals surface area contributed by atoms with Gasteiger partial charge < -0.3 is 19.5 Å². The van der Waals surface area contributed by atoms with E-state index in [-0.39, 0.29) is 41.0 Å². The second kappa shape index (κ2) is 11.0. The lowest BCUT2D eigenvalue weighted by atomic mass is 9.99. The number of aliphatic hydroxyl groups is 1. The molecule has 1 heterocycles. The SMILES string of the molecule is CC(CCO)CCn1cc(C(=O)O)c(=O)c2cc(Cc3cccc(Cl)c3F)c(OC(C)C)cc21. The summed E-state index contributed by atoms with van der Waals surface area (Å²) >= 11 is 5.94. The van der Waals surface area contributed by atoms with Crippen LogP contribution in [0.25, 0.3) is 10.9 Å². The molecular formula is C26H29ClFNO5. The van der Waals surface area contributed by atoms with Crippen LogP contribution in [0.15, 0.2) is 41.3 Å². The molecule has 1 aromatic heterocycles. The maximum absolute atomic E-state index is 14.6. The van der Waals surface area contributed by atoms with Crippen molar-refractivity contribution in [3.63, 3.8) is 0 Å². The number of rotatable bonds is 10. The first-order chi connectivity index (χ1) is 16.1. The van der Waals surface area contributed by atoms with Crippen LogP contribution in [0.3, 0.4) is 0 Å². The number of carboxylic acids is 1. The molecule has 0 saturated heterocycles. The highest BCUT2D eigenvalue weighted by atomic mass is 35.5. The van der Waals surface area contributed by atoms with Gasteiger partial charge in [-0.3, -0.25) is 4.79 Å². The number of nitrogens with zero attached hydrogens (tertiary/aromatic N) is 1. The smallest absolute Gasteiger partial charge is 0.341 e. The summed E-state index contributed by atoms with van der Waals surface area (Å²) < 4.78 is 22.4. The van der Waals surface area contributed by atoms with Gasteiger partial charge in [0.05, 0.1) is 16.6 Å². The molecule has 3 aromatic rings. The van der Waals surface area contributed by atoms with Crippen molar-refractivity contribution in [2.75, 3.05) is 6.61 Å². The maximum atomic E-state index is 14.6. The van der Waals surface area contributed by atoms with Crippen molar-refractivity contribution in [2.45, 2.75) is 52.7 Å². The van der Waals surface area contributed by atoms with Crippen molar-refractivity contribution in [3.8, 4) is 5.75 Å². The molecule has 2 N–H and O–H groups in total. The molecule has 34 heavy (non-hydrogen) atoms. The number of aromatic nitrogens is 1. The summed E-state index contributed by atoms with van der Waals surface area (Å²) in [7, 11) is 0. The Labute approximate surface area is 202 Å². The standard InChI is InChI=1S/C26H29ClFNO5/c1-15(2)34-23-13-22-19(12-18(23)11-17-5-4-6-21(27)24(17)28)25(31)20(26(32)33)14-29(22)9-7-16(3)8-10-30/h4-6,12-16,30H,7-11H2,1-3H3,(H,32,33). The highest BCUT2D eigenvalue weighted by Gasteiger charge is 2.19. The summed E-state index contributed by atoms with van der Waals surface area (Å²) in [6.07, 6.45) is 2.61. The number of aliphatic hydroxyl groups excluding tert-OH is 1. The van der Waals surface area contributed by atoms with Crippen LogP contribution >= 0.6 is 11.6 Å². The third-order valence-corrected chi connectivity index (χ3v) is 6.04. The zero-order valence-electron chi connectivity index (χ0n) is 19.5. The molecule has 1 unspecified atom stereocenters. The molecule has 1 atom stereocenters. The second-order valence-corrected chi connectivity index (χ2v) is 9.22. The molecule has 0 bridgehead atoms. The summed E-state index contributed by atoms with van der Waals surface area (Å²) in [6.45, 7) is 6.27. The molecular weight excluding hydrogens is 461 g/mol. The van der Waals surface area contributed by atoms with Gasteiger partial charge >= 0.3 is 5.97 Å². The Morgan fingerprint density at radius 2 is 1.91 bits per heavy atom. The van der Waals surface area contributed by atoms with Crippen LogP contribution in [0.1, 0.15) is 55.1 Å². The van der Waals surface area contributed by atoms with Crippen molar-refractivity contribution in [1.82, 2.24) is 4.57 Å². The first-order valence-electron chi connectivity index (χ1n) is 11.3. The third-order valence-electron chi connectivity index (χ3n) is 5.75. The minimum absolute atomic E-state index is 0.00265. The highest BCUT2D eigenvalue weighted by Crippen LogP contribution is 2.30. The highest BCUT2D eigenvalue weighted by molar-refractivity contribution is 6.30. The van der Waals surface area contributed by atoms with Crippen LogP contribution < -0.4 is 10.2 Å². The van der Waals surface area contributed by atoms with E-state index in [1.807, 2.05) is 20.8 Å². The van der Waals surface area contributed by atoms with E-state index < -0.39 is 17.2 Å². The molecule has 0 fully saturated rings. The van der Waals surface area contributed by atoms with Crippen molar-refractivity contribution in [1.29, 1.82) is 0 Å². The fourth-order valence-electron chi connectivity index (χ4n) is 3.92. The average molecular weight is 490 g/mol. The van der Waals surface area contributed by atoms with Crippen molar-refractivity contribution in [3.05, 3.63) is 74.3 Å². The predicted octanol–water partition coefficient (Wildman–Crippen LogP) is 5.28. The average Bonchev–Trinajstić information content (AvgIpc) is 2.76. The summed E-state index contributed by atoms with van der Waals surface area (Å²) in [5.41, 5.74) is 0.498. The molecule has 0 aliphatic rings. The Kier molecular flexibility index (Phi) is 8.33. The van der Waals surface area contributed by atoms with Crippen LogP contribution in [0.4, 0.5) is 4.39 Å². The number of hydrogen-bond acceptors (Lipinski definition) is 4. The second-order valence-electron chi connectivity index (χ2n) is 8.81. The number of ether oxygens (including phenoxy) is 1. The Bertz CT molecular complexity index is 1250. The molecule has 0 aliphatic carbocycles. The lowest BCUT2D eigenvalue weighted by Gasteiger charge is -2.19. The predicted molar refractivity (Wildman–Crippen MR) is 131 cm³/mol. The lowest BCUT2D eigenvalue weighted by Crippen LogP contribution is -2.20. The molecule has 182 valence electrons. The van der Waals surface area contributed by atoms with E-state index in [4.69, 9.17) is 16.3 Å². The van der Waals surface area contributed by atoms with Gasteiger partial charge in [0.1, 0.15) is 17.1 Å². The van der Waals surface area contributed by atoms with E-state index >= 15 is 0 Å². The third kappa shape index (κ3) is 5.77. The zero-order chi connectivity index (χ0) is 25.0. The molecule has 8 heteroatoms. The molecule has 0 saturated carbocycles. The van der Waals surface area contributed by atoms with Crippen LogP contribution in [-0.2, 0) is 13.0 Å². The summed E-state index contributed by atoms with van der Waals surface area (Å²) in [6, 6.07) is 8.03. The molecule has 3 rings (SSSR count). The molecule has 0 radical (unpaired) electrons. The number of carboxylic acid groups (broad SMARTS) is 1. The van der Waals surface area contributed by atoms with E-state index in [1.165, 1.54) is 12.3 Å². The number of aromatic carboxylic acids is 1. The molecule has 0 aliphatic heterocycles. The van der Waals surface area contributed by atoms with Gasteiger partial charge in [-0.05, 0) is 55.9 Å². The Morgan fingerprint density at radius 3 is 2.56 bits per heavy atom. The summed E-state index contributed by atoms with van der Waals surface area (Å²) in [5, 5.41) is 19.0. The minimum atomic E-state index is -1.31. The van der Waals surface area contributed by atoms with E-state index in [0.717, 1.165) is 0 Å². The van der Waals surface area contributed by atoms with Crippen LogP contribution in [0, 0.1) is 11.7 Å². The topological polar surface area (TPSA) is 88.8 Å². The van der Waals surface area contributed by atoms with E-state index in [9.17, 15) is 24.2 Å². The quantitative estimate of drug-likeness (QED) is 0.404. The van der Waals surface area contributed by atoms with Gasteiger partial charge in [0, 0.05) is 37.2 Å².